The van der Waals surface area contributed by atoms with Crippen molar-refractivity contribution in [3.05, 3.63) is 77.4 Å². The van der Waals surface area contributed by atoms with E-state index in [0.717, 1.165) is 46.7 Å². The third-order valence-electron chi connectivity index (χ3n) is 6.53. The highest BCUT2D eigenvalue weighted by Crippen LogP contribution is 2.28. The Balaban J connectivity index is 1.99. The maximum Gasteiger partial charge on any atom is 0.408 e. The van der Waals surface area contributed by atoms with Gasteiger partial charge in [-0.15, -0.1) is 0 Å². The standard InChI is InChI=1S/C33H43N3O4/c1-8-9-12-17-36(31(38)24(4)34-32(39)40-33(5,6)7)29(27-19-22(2)18-23(3)20-27)30(37)35-28-16-15-25-13-10-11-14-26(25)21-28/h10-11,13-16,18-21,24,29H,8-9,12,17H2,1-7H3,(H,34,39)(H,35,37). The molecule has 0 radical (unpaired) electrons. The molecule has 3 rings (SSSR count). The van der Waals surface area contributed by atoms with E-state index in [4.69, 9.17) is 4.74 Å². The molecule has 0 saturated heterocycles. The third kappa shape index (κ3) is 8.57. The van der Waals surface area contributed by atoms with Crippen LogP contribution in [0.4, 0.5) is 10.5 Å². The minimum atomic E-state index is -0.891. The van der Waals surface area contributed by atoms with Crippen LogP contribution in [0.1, 0.15) is 76.6 Å². The van der Waals surface area contributed by atoms with Gasteiger partial charge in [0.1, 0.15) is 17.7 Å². The summed E-state index contributed by atoms with van der Waals surface area (Å²) in [6.45, 7) is 13.3. The van der Waals surface area contributed by atoms with E-state index in [0.29, 0.717) is 12.2 Å². The molecule has 2 atom stereocenters. The van der Waals surface area contributed by atoms with Gasteiger partial charge in [-0.3, -0.25) is 9.59 Å². The van der Waals surface area contributed by atoms with Crippen molar-refractivity contribution >= 4 is 34.4 Å². The van der Waals surface area contributed by atoms with E-state index in [1.807, 2.05) is 74.5 Å². The Morgan fingerprint density at radius 1 is 0.900 bits per heavy atom. The summed E-state index contributed by atoms with van der Waals surface area (Å²) in [7, 11) is 0. The SMILES string of the molecule is CCCCCN(C(=O)C(C)NC(=O)OC(C)(C)C)C(C(=O)Nc1ccc2ccccc2c1)c1cc(C)cc(C)c1. The Bertz CT molecular complexity index is 1320. The Hall–Kier alpha value is -3.87. The molecule has 2 unspecified atom stereocenters. The van der Waals surface area contributed by atoms with Gasteiger partial charge >= 0.3 is 6.09 Å². The zero-order valence-corrected chi connectivity index (χ0v) is 24.8. The number of anilines is 1. The lowest BCUT2D eigenvalue weighted by Crippen LogP contribution is -2.51. The van der Waals surface area contributed by atoms with Crippen molar-refractivity contribution in [3.8, 4) is 0 Å². The molecule has 0 aliphatic heterocycles. The molecule has 7 heteroatoms. The number of carbonyl (C=O) groups excluding carboxylic acids is 3. The fourth-order valence-corrected chi connectivity index (χ4v) is 4.81. The first-order valence-electron chi connectivity index (χ1n) is 14.1. The number of unbranched alkanes of at least 4 members (excludes halogenated alkanes) is 2. The van der Waals surface area contributed by atoms with Gasteiger partial charge in [-0.2, -0.15) is 0 Å². The molecule has 214 valence electrons. The fourth-order valence-electron chi connectivity index (χ4n) is 4.81. The van der Waals surface area contributed by atoms with E-state index >= 15 is 0 Å². The van der Waals surface area contributed by atoms with Gasteiger partial charge in [0.25, 0.3) is 5.91 Å². The number of ether oxygens (including phenoxy) is 1. The van der Waals surface area contributed by atoms with Crippen LogP contribution < -0.4 is 10.6 Å². The first-order chi connectivity index (χ1) is 18.9. The maximum atomic E-state index is 14.1. The summed E-state index contributed by atoms with van der Waals surface area (Å²) in [6.07, 6.45) is 1.92. The number of rotatable bonds is 10. The average Bonchev–Trinajstić information content (AvgIpc) is 2.86. The molecule has 0 aliphatic carbocycles. The van der Waals surface area contributed by atoms with Crippen molar-refractivity contribution in [1.29, 1.82) is 0 Å². The Labute approximate surface area is 238 Å². The van der Waals surface area contributed by atoms with Crippen molar-refractivity contribution in [2.75, 3.05) is 11.9 Å². The summed E-state index contributed by atoms with van der Waals surface area (Å²) in [5, 5.41) is 7.81. The zero-order valence-electron chi connectivity index (χ0n) is 24.8. The Morgan fingerprint density at radius 2 is 1.55 bits per heavy atom. The number of alkyl carbamates (subject to hydrolysis) is 1. The second-order valence-electron chi connectivity index (χ2n) is 11.5. The molecule has 3 aromatic rings. The monoisotopic (exact) mass is 545 g/mol. The fraction of sp³-hybridized carbons (Fsp3) is 0.424. The zero-order chi connectivity index (χ0) is 29.4. The lowest BCUT2D eigenvalue weighted by Gasteiger charge is -2.34. The molecule has 3 amide bonds. The number of fused-ring (bicyclic) bond motifs is 1. The smallest absolute Gasteiger partial charge is 0.408 e. The van der Waals surface area contributed by atoms with Gasteiger partial charge in [0.2, 0.25) is 5.91 Å². The van der Waals surface area contributed by atoms with Crippen LogP contribution in [-0.4, -0.2) is 41.0 Å². The van der Waals surface area contributed by atoms with Crippen LogP contribution >= 0.6 is 0 Å². The number of carbonyl (C=O) groups is 3. The largest absolute Gasteiger partial charge is 0.444 e. The minimum Gasteiger partial charge on any atom is -0.444 e. The van der Waals surface area contributed by atoms with Crippen molar-refractivity contribution in [3.63, 3.8) is 0 Å². The maximum absolute atomic E-state index is 14.1. The number of nitrogens with zero attached hydrogens (tertiary/aromatic N) is 1. The molecule has 7 nitrogen and oxygen atoms in total. The van der Waals surface area contributed by atoms with Crippen LogP contribution in [0.15, 0.2) is 60.7 Å². The molecule has 0 spiro atoms. The van der Waals surface area contributed by atoms with Gasteiger partial charge in [0.05, 0.1) is 0 Å². The normalized spacial score (nSPS) is 12.9. The van der Waals surface area contributed by atoms with Crippen molar-refractivity contribution in [2.24, 2.45) is 0 Å². The molecule has 0 aliphatic rings. The molecular formula is C33H43N3O4. The number of nitrogens with one attached hydrogen (secondary N) is 2. The van der Waals surface area contributed by atoms with Crippen LogP contribution in [0.3, 0.4) is 0 Å². The number of hydrogen-bond acceptors (Lipinski definition) is 4. The Morgan fingerprint density at radius 3 is 2.17 bits per heavy atom. The number of benzene rings is 3. The minimum absolute atomic E-state index is 0.311. The van der Waals surface area contributed by atoms with Crippen LogP contribution in [0, 0.1) is 13.8 Å². The average molecular weight is 546 g/mol. The highest BCUT2D eigenvalue weighted by atomic mass is 16.6. The van der Waals surface area contributed by atoms with Crippen molar-refractivity contribution in [2.45, 2.75) is 85.4 Å². The van der Waals surface area contributed by atoms with E-state index < -0.39 is 23.8 Å². The summed E-state index contributed by atoms with van der Waals surface area (Å²) in [5.41, 5.74) is 2.68. The highest BCUT2D eigenvalue weighted by Gasteiger charge is 2.35. The second kappa shape index (κ2) is 13.5. The van der Waals surface area contributed by atoms with Crippen molar-refractivity contribution < 1.29 is 19.1 Å². The molecule has 0 bridgehead atoms. The van der Waals surface area contributed by atoms with E-state index in [2.05, 4.69) is 17.6 Å². The number of amides is 3. The van der Waals surface area contributed by atoms with Gasteiger partial charge in [-0.1, -0.05) is 79.4 Å². The van der Waals surface area contributed by atoms with E-state index in [1.54, 1.807) is 32.6 Å². The van der Waals surface area contributed by atoms with Gasteiger partial charge in [0.15, 0.2) is 0 Å². The predicted molar refractivity (Wildman–Crippen MR) is 161 cm³/mol. The summed E-state index contributed by atoms with van der Waals surface area (Å²) in [5.74, 6) is -0.658. The summed E-state index contributed by atoms with van der Waals surface area (Å²) >= 11 is 0. The first-order valence-corrected chi connectivity index (χ1v) is 14.1. The van der Waals surface area contributed by atoms with E-state index in [9.17, 15) is 14.4 Å². The third-order valence-corrected chi connectivity index (χ3v) is 6.53. The van der Waals surface area contributed by atoms with Crippen LogP contribution in [0.25, 0.3) is 10.8 Å². The van der Waals surface area contributed by atoms with E-state index in [1.165, 1.54) is 0 Å². The summed E-state index contributed by atoms with van der Waals surface area (Å²) in [4.78, 5) is 42.1. The van der Waals surface area contributed by atoms with E-state index in [-0.39, 0.29) is 11.8 Å². The lowest BCUT2D eigenvalue weighted by atomic mass is 9.98. The molecule has 2 N–H and O–H groups in total. The van der Waals surface area contributed by atoms with Crippen LogP contribution in [0.2, 0.25) is 0 Å². The quantitative estimate of drug-likeness (QED) is 0.267. The van der Waals surface area contributed by atoms with Gasteiger partial charge in [-0.05, 0) is 76.4 Å². The highest BCUT2D eigenvalue weighted by molar-refractivity contribution is 6.00. The molecular weight excluding hydrogens is 502 g/mol. The second-order valence-corrected chi connectivity index (χ2v) is 11.5. The van der Waals surface area contributed by atoms with Crippen LogP contribution in [-0.2, 0) is 14.3 Å². The summed E-state index contributed by atoms with van der Waals surface area (Å²) in [6, 6.07) is 17.9. The predicted octanol–water partition coefficient (Wildman–Crippen LogP) is 7.07. The Kier molecular flexibility index (Phi) is 10.3. The number of aryl methyl sites for hydroxylation is 2. The van der Waals surface area contributed by atoms with Gasteiger partial charge < -0.3 is 20.3 Å². The first kappa shape index (κ1) is 30.7. The number of hydrogen-bond donors (Lipinski definition) is 2. The molecule has 3 aromatic carbocycles. The molecule has 0 heterocycles. The van der Waals surface area contributed by atoms with Crippen LogP contribution in [0.5, 0.6) is 0 Å². The summed E-state index contributed by atoms with van der Waals surface area (Å²) < 4.78 is 5.37. The topological polar surface area (TPSA) is 87.7 Å². The van der Waals surface area contributed by atoms with Crippen molar-refractivity contribution in [1.82, 2.24) is 10.2 Å². The lowest BCUT2D eigenvalue weighted by molar-refractivity contribution is -0.140. The molecule has 40 heavy (non-hydrogen) atoms. The van der Waals surface area contributed by atoms with Gasteiger partial charge in [0, 0.05) is 12.2 Å². The molecule has 0 fully saturated rings. The molecule has 0 aromatic heterocycles. The molecule has 0 saturated carbocycles. The van der Waals surface area contributed by atoms with Gasteiger partial charge in [-0.25, -0.2) is 4.79 Å².